The summed E-state index contributed by atoms with van der Waals surface area (Å²) in [7, 11) is 0. The van der Waals surface area contributed by atoms with Gasteiger partial charge < -0.3 is 10.6 Å². The van der Waals surface area contributed by atoms with Gasteiger partial charge in [-0.1, -0.05) is 18.2 Å². The second-order valence-corrected chi connectivity index (χ2v) is 6.92. The van der Waals surface area contributed by atoms with Crippen molar-refractivity contribution in [3.05, 3.63) is 35.6 Å². The van der Waals surface area contributed by atoms with Gasteiger partial charge in [0.05, 0.1) is 0 Å². The van der Waals surface area contributed by atoms with E-state index in [0.717, 1.165) is 5.56 Å². The van der Waals surface area contributed by atoms with Crippen LogP contribution in [0, 0.1) is 5.82 Å². The number of halogens is 1. The monoisotopic (exact) mass is 278 g/mol. The molecule has 2 N–H and O–H groups in total. The van der Waals surface area contributed by atoms with E-state index in [1.54, 1.807) is 6.07 Å². The van der Waals surface area contributed by atoms with Gasteiger partial charge in [-0.15, -0.1) is 0 Å². The molecule has 0 aliphatic heterocycles. The molecule has 1 fully saturated rings. The zero-order valence-corrected chi connectivity index (χ0v) is 12.9. The molecule has 0 spiro atoms. The maximum Gasteiger partial charge on any atom is 0.127 e. The predicted octanol–water partition coefficient (Wildman–Crippen LogP) is 3.61. The Morgan fingerprint density at radius 1 is 1.05 bits per heavy atom. The fraction of sp³-hybridized carbons (Fsp3) is 0.647. The van der Waals surface area contributed by atoms with Gasteiger partial charge >= 0.3 is 0 Å². The molecule has 0 bridgehead atoms. The maximum absolute atomic E-state index is 13.5. The van der Waals surface area contributed by atoms with Crippen LogP contribution in [0.25, 0.3) is 0 Å². The van der Waals surface area contributed by atoms with Gasteiger partial charge in [0, 0.05) is 29.7 Å². The summed E-state index contributed by atoms with van der Waals surface area (Å²) in [5, 5.41) is 7.17. The van der Waals surface area contributed by atoms with Crippen molar-refractivity contribution >= 4 is 0 Å². The molecule has 0 heterocycles. The zero-order chi connectivity index (χ0) is 14.6. The molecule has 0 atom stereocenters. The van der Waals surface area contributed by atoms with Gasteiger partial charge in [-0.25, -0.2) is 4.39 Å². The van der Waals surface area contributed by atoms with E-state index in [2.05, 4.69) is 31.4 Å². The van der Waals surface area contributed by atoms with E-state index in [-0.39, 0.29) is 11.4 Å². The third kappa shape index (κ3) is 4.88. The lowest BCUT2D eigenvalue weighted by atomic mass is 9.89. The summed E-state index contributed by atoms with van der Waals surface area (Å²) in [5.74, 6) is -0.108. The van der Waals surface area contributed by atoms with Crippen LogP contribution in [-0.4, -0.2) is 17.6 Å². The molecule has 20 heavy (non-hydrogen) atoms. The molecule has 0 amide bonds. The van der Waals surface area contributed by atoms with E-state index in [0.29, 0.717) is 18.6 Å². The van der Waals surface area contributed by atoms with Crippen molar-refractivity contribution < 1.29 is 4.39 Å². The van der Waals surface area contributed by atoms with Crippen LogP contribution in [0.2, 0.25) is 0 Å². The smallest absolute Gasteiger partial charge is 0.127 e. The van der Waals surface area contributed by atoms with Crippen molar-refractivity contribution in [1.82, 2.24) is 10.6 Å². The summed E-state index contributed by atoms with van der Waals surface area (Å²) in [6.07, 6.45) is 4.74. The van der Waals surface area contributed by atoms with Gasteiger partial charge in [0.15, 0.2) is 0 Å². The van der Waals surface area contributed by atoms with Crippen LogP contribution in [0.1, 0.15) is 52.0 Å². The fourth-order valence-electron chi connectivity index (χ4n) is 2.95. The Kier molecular flexibility index (Phi) is 5.17. The highest BCUT2D eigenvalue weighted by atomic mass is 19.1. The summed E-state index contributed by atoms with van der Waals surface area (Å²) >= 11 is 0. The Hall–Kier alpha value is -0.930. The molecule has 1 saturated carbocycles. The first-order chi connectivity index (χ1) is 9.44. The van der Waals surface area contributed by atoms with Gasteiger partial charge in [-0.2, -0.15) is 0 Å². The van der Waals surface area contributed by atoms with Crippen molar-refractivity contribution in [2.75, 3.05) is 0 Å². The molecular formula is C17H27FN2. The second-order valence-electron chi connectivity index (χ2n) is 6.92. The average molecular weight is 278 g/mol. The van der Waals surface area contributed by atoms with Crippen LogP contribution in [0.4, 0.5) is 4.39 Å². The third-order valence-electron chi connectivity index (χ3n) is 3.90. The number of hydrogen-bond acceptors (Lipinski definition) is 2. The first kappa shape index (κ1) is 15.5. The van der Waals surface area contributed by atoms with E-state index >= 15 is 0 Å². The van der Waals surface area contributed by atoms with E-state index in [1.807, 2.05) is 12.1 Å². The summed E-state index contributed by atoms with van der Waals surface area (Å²) in [6.45, 7) is 7.29. The van der Waals surface area contributed by atoms with Crippen molar-refractivity contribution in [1.29, 1.82) is 0 Å². The van der Waals surface area contributed by atoms with Gasteiger partial charge in [0.1, 0.15) is 5.82 Å². The maximum atomic E-state index is 13.5. The zero-order valence-electron chi connectivity index (χ0n) is 12.9. The number of rotatable bonds is 4. The molecule has 1 aromatic carbocycles. The van der Waals surface area contributed by atoms with Crippen molar-refractivity contribution in [3.63, 3.8) is 0 Å². The van der Waals surface area contributed by atoms with Crippen LogP contribution in [0.3, 0.4) is 0 Å². The number of hydrogen-bond donors (Lipinski definition) is 2. The lowest BCUT2D eigenvalue weighted by molar-refractivity contribution is 0.261. The normalized spacial score (nSPS) is 23.8. The minimum Gasteiger partial charge on any atom is -0.310 e. The molecule has 0 unspecified atom stereocenters. The Morgan fingerprint density at radius 3 is 2.25 bits per heavy atom. The van der Waals surface area contributed by atoms with Crippen LogP contribution < -0.4 is 10.6 Å². The molecule has 1 aliphatic rings. The molecular weight excluding hydrogens is 251 g/mol. The molecule has 1 aromatic rings. The Bertz CT molecular complexity index is 417. The van der Waals surface area contributed by atoms with Crippen LogP contribution in [0.15, 0.2) is 24.3 Å². The van der Waals surface area contributed by atoms with Gasteiger partial charge in [0.25, 0.3) is 0 Å². The third-order valence-corrected chi connectivity index (χ3v) is 3.90. The van der Waals surface area contributed by atoms with E-state index in [1.165, 1.54) is 31.7 Å². The first-order valence-corrected chi connectivity index (χ1v) is 7.68. The molecule has 0 radical (unpaired) electrons. The van der Waals surface area contributed by atoms with E-state index < -0.39 is 0 Å². The predicted molar refractivity (Wildman–Crippen MR) is 82.2 cm³/mol. The quantitative estimate of drug-likeness (QED) is 0.879. The summed E-state index contributed by atoms with van der Waals surface area (Å²) in [6, 6.07) is 8.16. The van der Waals surface area contributed by atoms with Crippen molar-refractivity contribution in [3.8, 4) is 0 Å². The lowest BCUT2D eigenvalue weighted by Crippen LogP contribution is -2.47. The Morgan fingerprint density at radius 2 is 1.65 bits per heavy atom. The second kappa shape index (κ2) is 6.68. The first-order valence-electron chi connectivity index (χ1n) is 7.68. The lowest BCUT2D eigenvalue weighted by Gasteiger charge is -2.34. The largest absolute Gasteiger partial charge is 0.310 e. The summed E-state index contributed by atoms with van der Waals surface area (Å²) in [4.78, 5) is 0. The highest BCUT2D eigenvalue weighted by molar-refractivity contribution is 5.17. The Balaban J connectivity index is 1.74. The van der Waals surface area contributed by atoms with Crippen molar-refractivity contribution in [2.24, 2.45) is 0 Å². The average Bonchev–Trinajstić information content (AvgIpc) is 2.38. The highest BCUT2D eigenvalue weighted by Gasteiger charge is 2.23. The van der Waals surface area contributed by atoms with Crippen molar-refractivity contribution in [2.45, 2.75) is 70.6 Å². The molecule has 3 heteroatoms. The van der Waals surface area contributed by atoms with E-state index in [9.17, 15) is 4.39 Å². The molecule has 2 nitrogen and oxygen atoms in total. The highest BCUT2D eigenvalue weighted by Crippen LogP contribution is 2.21. The Labute approximate surface area is 122 Å². The van der Waals surface area contributed by atoms with Crippen LogP contribution in [0.5, 0.6) is 0 Å². The molecule has 1 aliphatic carbocycles. The summed E-state index contributed by atoms with van der Waals surface area (Å²) < 4.78 is 13.5. The standard InChI is InChI=1S/C17H27FN2/c1-17(2,3)20-15-10-8-14(9-11-15)19-12-13-6-4-5-7-16(13)18/h4-7,14-15,19-20H,8-12H2,1-3H3. The van der Waals surface area contributed by atoms with E-state index in [4.69, 9.17) is 0 Å². The fourth-order valence-corrected chi connectivity index (χ4v) is 2.95. The molecule has 0 aromatic heterocycles. The SMILES string of the molecule is CC(C)(C)NC1CCC(NCc2ccccc2F)CC1. The molecule has 2 rings (SSSR count). The van der Waals surface area contributed by atoms with Crippen LogP contribution >= 0.6 is 0 Å². The molecule has 112 valence electrons. The number of nitrogens with one attached hydrogen (secondary N) is 2. The van der Waals surface area contributed by atoms with Gasteiger partial charge in [0.2, 0.25) is 0 Å². The topological polar surface area (TPSA) is 24.1 Å². The summed E-state index contributed by atoms with van der Waals surface area (Å²) in [5.41, 5.74) is 0.959. The number of benzene rings is 1. The van der Waals surface area contributed by atoms with Gasteiger partial charge in [-0.05, 0) is 52.5 Å². The molecule has 0 saturated heterocycles. The van der Waals surface area contributed by atoms with Crippen LogP contribution in [-0.2, 0) is 6.54 Å². The minimum atomic E-state index is -0.108. The minimum absolute atomic E-state index is 0.108. The van der Waals surface area contributed by atoms with Gasteiger partial charge in [-0.3, -0.25) is 0 Å².